The van der Waals surface area contributed by atoms with E-state index in [1.165, 1.54) is 11.3 Å². The van der Waals surface area contributed by atoms with Crippen molar-refractivity contribution in [3.8, 4) is 0 Å². The minimum atomic E-state index is -0.144. The first-order valence-electron chi connectivity index (χ1n) is 3.54. The Kier molecular flexibility index (Phi) is 1.65. The zero-order chi connectivity index (χ0) is 8.55. The maximum atomic E-state index is 11.2. The molecule has 0 bridgehead atoms. The van der Waals surface area contributed by atoms with E-state index in [2.05, 4.69) is 4.98 Å². The molecule has 2 rings (SSSR count). The van der Waals surface area contributed by atoms with Crippen molar-refractivity contribution in [3.05, 3.63) is 11.6 Å². The summed E-state index contributed by atoms with van der Waals surface area (Å²) in [5, 5.41) is 2.23. The molecule has 1 aliphatic heterocycles. The van der Waals surface area contributed by atoms with E-state index in [0.717, 1.165) is 4.90 Å². The second-order valence-electron chi connectivity index (χ2n) is 2.44. The molecule has 1 fully saturated rings. The molecule has 0 unspecified atom stereocenters. The Morgan fingerprint density at radius 1 is 1.33 bits per heavy atom. The summed E-state index contributed by atoms with van der Waals surface area (Å²) in [6.45, 7) is 0. The monoisotopic (exact) mass is 182 g/mol. The number of carbonyl (C=O) groups is 2. The summed E-state index contributed by atoms with van der Waals surface area (Å²) in [4.78, 5) is 27.4. The van der Waals surface area contributed by atoms with Gasteiger partial charge in [-0.15, -0.1) is 11.3 Å². The van der Waals surface area contributed by atoms with Gasteiger partial charge < -0.3 is 0 Å². The lowest BCUT2D eigenvalue weighted by molar-refractivity contribution is -0.121. The Hall–Kier alpha value is -1.23. The topological polar surface area (TPSA) is 50.3 Å². The Morgan fingerprint density at radius 2 is 2.00 bits per heavy atom. The number of anilines is 1. The third kappa shape index (κ3) is 1.02. The number of amides is 2. The van der Waals surface area contributed by atoms with E-state index < -0.39 is 0 Å². The molecule has 0 aromatic carbocycles. The number of hydrogen-bond acceptors (Lipinski definition) is 4. The van der Waals surface area contributed by atoms with Crippen molar-refractivity contribution < 1.29 is 9.59 Å². The van der Waals surface area contributed by atoms with Gasteiger partial charge in [-0.25, -0.2) is 9.88 Å². The maximum absolute atomic E-state index is 11.2. The van der Waals surface area contributed by atoms with Gasteiger partial charge in [0, 0.05) is 24.4 Å². The van der Waals surface area contributed by atoms with E-state index in [9.17, 15) is 9.59 Å². The van der Waals surface area contributed by atoms with Gasteiger partial charge in [0.2, 0.25) is 11.8 Å². The van der Waals surface area contributed by atoms with Crippen LogP contribution in [0, 0.1) is 0 Å². The molecule has 1 aliphatic rings. The van der Waals surface area contributed by atoms with E-state index >= 15 is 0 Å². The van der Waals surface area contributed by atoms with Crippen LogP contribution in [0.25, 0.3) is 0 Å². The SMILES string of the molecule is O=C1CCC(=O)N1c1nccs1. The lowest BCUT2D eigenvalue weighted by Crippen LogP contribution is -2.28. The molecule has 4 nitrogen and oxygen atoms in total. The number of nitrogens with zero attached hydrogens (tertiary/aromatic N) is 2. The number of aromatic nitrogens is 1. The predicted molar refractivity (Wildman–Crippen MR) is 43.8 cm³/mol. The maximum Gasteiger partial charge on any atom is 0.236 e. The highest BCUT2D eigenvalue weighted by molar-refractivity contribution is 7.14. The molecule has 1 aromatic rings. The van der Waals surface area contributed by atoms with Crippen LogP contribution in [0.4, 0.5) is 5.13 Å². The molecule has 62 valence electrons. The average Bonchev–Trinajstić information content (AvgIpc) is 2.61. The van der Waals surface area contributed by atoms with Crippen LogP contribution in [0.5, 0.6) is 0 Å². The lowest BCUT2D eigenvalue weighted by atomic mass is 10.4. The number of rotatable bonds is 1. The van der Waals surface area contributed by atoms with Crippen molar-refractivity contribution in [1.82, 2.24) is 4.98 Å². The summed E-state index contributed by atoms with van der Waals surface area (Å²) in [5.41, 5.74) is 0. The molecule has 12 heavy (non-hydrogen) atoms. The van der Waals surface area contributed by atoms with Crippen molar-refractivity contribution in [2.45, 2.75) is 12.8 Å². The van der Waals surface area contributed by atoms with Crippen molar-refractivity contribution in [2.24, 2.45) is 0 Å². The Morgan fingerprint density at radius 3 is 2.50 bits per heavy atom. The van der Waals surface area contributed by atoms with Gasteiger partial charge in [-0.3, -0.25) is 9.59 Å². The molecule has 0 saturated carbocycles. The summed E-state index contributed by atoms with van der Waals surface area (Å²) >= 11 is 1.30. The molecule has 1 aromatic heterocycles. The van der Waals surface area contributed by atoms with Crippen LogP contribution in [0.1, 0.15) is 12.8 Å². The third-order valence-corrected chi connectivity index (χ3v) is 2.42. The van der Waals surface area contributed by atoms with E-state index in [1.807, 2.05) is 0 Å². The van der Waals surface area contributed by atoms with Crippen molar-refractivity contribution in [2.75, 3.05) is 4.90 Å². The first-order chi connectivity index (χ1) is 5.79. The Bertz CT molecular complexity index is 304. The van der Waals surface area contributed by atoms with E-state index in [4.69, 9.17) is 0 Å². The van der Waals surface area contributed by atoms with Crippen LogP contribution in [0.15, 0.2) is 11.6 Å². The van der Waals surface area contributed by atoms with Crippen LogP contribution < -0.4 is 4.90 Å². The van der Waals surface area contributed by atoms with Crippen molar-refractivity contribution >= 4 is 28.3 Å². The van der Waals surface area contributed by atoms with Crippen molar-refractivity contribution in [3.63, 3.8) is 0 Å². The highest BCUT2D eigenvalue weighted by Gasteiger charge is 2.31. The Balaban J connectivity index is 2.34. The molecule has 5 heteroatoms. The minimum Gasteiger partial charge on any atom is -0.274 e. The first kappa shape index (κ1) is 7.42. The van der Waals surface area contributed by atoms with E-state index in [0.29, 0.717) is 18.0 Å². The fraction of sp³-hybridized carbons (Fsp3) is 0.286. The van der Waals surface area contributed by atoms with Gasteiger partial charge in [0.25, 0.3) is 0 Å². The average molecular weight is 182 g/mol. The molecule has 0 aliphatic carbocycles. The van der Waals surface area contributed by atoms with Crippen molar-refractivity contribution in [1.29, 1.82) is 0 Å². The zero-order valence-electron chi connectivity index (χ0n) is 6.19. The van der Waals surface area contributed by atoms with E-state index in [-0.39, 0.29) is 11.8 Å². The summed E-state index contributed by atoms with van der Waals surface area (Å²) in [6, 6.07) is 0. The van der Waals surface area contributed by atoms with Crippen LogP contribution in [0.3, 0.4) is 0 Å². The molecule has 1 saturated heterocycles. The standard InChI is InChI=1S/C7H6N2O2S/c10-5-1-2-6(11)9(5)7-8-3-4-12-7/h3-4H,1-2H2. The summed E-state index contributed by atoms with van der Waals surface area (Å²) < 4.78 is 0. The summed E-state index contributed by atoms with van der Waals surface area (Å²) in [6.07, 6.45) is 2.22. The number of carbonyl (C=O) groups excluding carboxylic acids is 2. The molecule has 2 heterocycles. The molecular formula is C7H6N2O2S. The zero-order valence-corrected chi connectivity index (χ0v) is 7.00. The number of hydrogen-bond donors (Lipinski definition) is 0. The Labute approximate surface area is 72.8 Å². The molecule has 0 atom stereocenters. The van der Waals surface area contributed by atoms with Gasteiger partial charge in [0.05, 0.1) is 0 Å². The number of imide groups is 1. The van der Waals surface area contributed by atoms with Crippen LogP contribution in [-0.4, -0.2) is 16.8 Å². The second kappa shape index (κ2) is 2.67. The number of thiazole rings is 1. The van der Waals surface area contributed by atoms with Gasteiger partial charge >= 0.3 is 0 Å². The molecule has 0 N–H and O–H groups in total. The van der Waals surface area contributed by atoms with Crippen LogP contribution in [-0.2, 0) is 9.59 Å². The fourth-order valence-corrected chi connectivity index (χ4v) is 1.79. The fourth-order valence-electron chi connectivity index (χ4n) is 1.12. The normalized spacial score (nSPS) is 17.5. The molecule has 0 radical (unpaired) electrons. The summed E-state index contributed by atoms with van der Waals surface area (Å²) in [5.74, 6) is -0.287. The highest BCUT2D eigenvalue weighted by Crippen LogP contribution is 2.23. The minimum absolute atomic E-state index is 0.144. The molecule has 2 amide bonds. The van der Waals surface area contributed by atoms with Crippen LogP contribution >= 0.6 is 11.3 Å². The van der Waals surface area contributed by atoms with Gasteiger partial charge in [-0.1, -0.05) is 0 Å². The van der Waals surface area contributed by atoms with Crippen LogP contribution in [0.2, 0.25) is 0 Å². The summed E-state index contributed by atoms with van der Waals surface area (Å²) in [7, 11) is 0. The predicted octanol–water partition coefficient (Wildman–Crippen LogP) is 0.796. The van der Waals surface area contributed by atoms with Gasteiger partial charge in [-0.05, 0) is 0 Å². The largest absolute Gasteiger partial charge is 0.274 e. The van der Waals surface area contributed by atoms with Gasteiger partial charge in [0.15, 0.2) is 5.13 Å². The molecular weight excluding hydrogens is 176 g/mol. The van der Waals surface area contributed by atoms with E-state index in [1.54, 1.807) is 11.6 Å². The van der Waals surface area contributed by atoms with Gasteiger partial charge in [-0.2, -0.15) is 0 Å². The quantitative estimate of drug-likeness (QED) is 0.603. The third-order valence-electron chi connectivity index (χ3n) is 1.66. The second-order valence-corrected chi connectivity index (χ2v) is 3.31. The smallest absolute Gasteiger partial charge is 0.236 e. The lowest BCUT2D eigenvalue weighted by Gasteiger charge is -2.07. The first-order valence-corrected chi connectivity index (χ1v) is 4.42. The highest BCUT2D eigenvalue weighted by atomic mass is 32.1. The van der Waals surface area contributed by atoms with Gasteiger partial charge in [0.1, 0.15) is 0 Å². The molecule has 0 spiro atoms.